The predicted octanol–water partition coefficient (Wildman–Crippen LogP) is 3.43. The minimum absolute atomic E-state index is 0.0270. The number of aliphatic hydroxyl groups is 1. The summed E-state index contributed by atoms with van der Waals surface area (Å²) in [6, 6.07) is 4.54. The minimum atomic E-state index is -0.434. The molecule has 0 heterocycles. The molecule has 110 valence electrons. The fourth-order valence-corrected chi connectivity index (χ4v) is 2.80. The van der Waals surface area contributed by atoms with Crippen molar-refractivity contribution in [1.82, 2.24) is 0 Å². The van der Waals surface area contributed by atoms with E-state index >= 15 is 0 Å². The summed E-state index contributed by atoms with van der Waals surface area (Å²) in [6.07, 6.45) is 5.39. The molecule has 1 saturated carbocycles. The van der Waals surface area contributed by atoms with Crippen LogP contribution in [0.1, 0.15) is 44.6 Å². The highest BCUT2D eigenvalue weighted by Gasteiger charge is 2.25. The number of benzene rings is 1. The summed E-state index contributed by atoms with van der Waals surface area (Å²) < 4.78 is 5.87. The van der Waals surface area contributed by atoms with Crippen LogP contribution < -0.4 is 4.74 Å². The normalized spacial score (nSPS) is 22.5. The van der Waals surface area contributed by atoms with E-state index in [1.807, 2.05) is 0 Å². The van der Waals surface area contributed by atoms with Crippen LogP contribution in [-0.2, 0) is 6.61 Å². The third-order valence-corrected chi connectivity index (χ3v) is 4.01. The highest BCUT2D eigenvalue weighted by molar-refractivity contribution is 5.48. The van der Waals surface area contributed by atoms with Crippen molar-refractivity contribution in [2.75, 3.05) is 0 Å². The molecule has 1 aromatic carbocycles. The van der Waals surface area contributed by atoms with E-state index in [0.717, 1.165) is 25.7 Å². The van der Waals surface area contributed by atoms with Gasteiger partial charge in [0, 0.05) is 6.07 Å². The van der Waals surface area contributed by atoms with Gasteiger partial charge < -0.3 is 9.84 Å². The Morgan fingerprint density at radius 3 is 2.90 bits per heavy atom. The van der Waals surface area contributed by atoms with Crippen molar-refractivity contribution in [3.05, 3.63) is 33.9 Å². The van der Waals surface area contributed by atoms with E-state index in [0.29, 0.717) is 11.5 Å². The molecule has 1 aromatic rings. The first kappa shape index (κ1) is 14.8. The molecule has 1 aliphatic rings. The number of nitro groups is 1. The molecule has 5 heteroatoms. The molecule has 0 aliphatic heterocycles. The van der Waals surface area contributed by atoms with E-state index in [1.54, 1.807) is 12.1 Å². The lowest BCUT2D eigenvalue weighted by Crippen LogP contribution is -2.25. The summed E-state index contributed by atoms with van der Waals surface area (Å²) in [5.74, 6) is 0.928. The molecule has 1 aliphatic carbocycles. The Labute approximate surface area is 118 Å². The summed E-state index contributed by atoms with van der Waals surface area (Å²) in [7, 11) is 0. The molecule has 2 rings (SSSR count). The van der Waals surface area contributed by atoms with Crippen molar-refractivity contribution in [3.8, 4) is 5.75 Å². The molecule has 1 N–H and O–H groups in total. The van der Waals surface area contributed by atoms with E-state index in [1.165, 1.54) is 12.5 Å². The molecule has 0 saturated heterocycles. The molecule has 2 atom stereocenters. The maximum atomic E-state index is 11.0. The maximum Gasteiger partial charge on any atom is 0.310 e. The molecule has 0 bridgehead atoms. The summed E-state index contributed by atoms with van der Waals surface area (Å²) in [5.41, 5.74) is 0.606. The van der Waals surface area contributed by atoms with Crippen molar-refractivity contribution in [2.45, 2.75) is 51.7 Å². The van der Waals surface area contributed by atoms with Gasteiger partial charge in [-0.3, -0.25) is 10.1 Å². The molecular weight excluding hydrogens is 258 g/mol. The zero-order valence-electron chi connectivity index (χ0n) is 11.7. The van der Waals surface area contributed by atoms with Crippen LogP contribution in [0.2, 0.25) is 0 Å². The van der Waals surface area contributed by atoms with Crippen molar-refractivity contribution in [3.63, 3.8) is 0 Å². The van der Waals surface area contributed by atoms with Crippen molar-refractivity contribution in [1.29, 1.82) is 0 Å². The Kier molecular flexibility index (Phi) is 4.95. The third-order valence-electron chi connectivity index (χ3n) is 4.01. The van der Waals surface area contributed by atoms with E-state index in [2.05, 4.69) is 6.92 Å². The first-order valence-electron chi connectivity index (χ1n) is 7.18. The number of nitrogens with zero attached hydrogens (tertiary/aromatic N) is 1. The van der Waals surface area contributed by atoms with Gasteiger partial charge in [0.25, 0.3) is 0 Å². The molecule has 1 fully saturated rings. The molecule has 5 nitrogen and oxygen atoms in total. The van der Waals surface area contributed by atoms with Crippen LogP contribution in [0, 0.1) is 16.0 Å². The van der Waals surface area contributed by atoms with Crippen LogP contribution >= 0.6 is 0 Å². The largest absolute Gasteiger partial charge is 0.483 e. The number of hydrogen-bond acceptors (Lipinski definition) is 4. The van der Waals surface area contributed by atoms with Gasteiger partial charge in [-0.2, -0.15) is 0 Å². The molecule has 0 aromatic heterocycles. The topological polar surface area (TPSA) is 72.6 Å². The first-order valence-corrected chi connectivity index (χ1v) is 7.18. The van der Waals surface area contributed by atoms with Gasteiger partial charge in [-0.1, -0.05) is 19.8 Å². The van der Waals surface area contributed by atoms with Crippen LogP contribution in [0.25, 0.3) is 0 Å². The second kappa shape index (κ2) is 6.70. The molecule has 20 heavy (non-hydrogen) atoms. The van der Waals surface area contributed by atoms with Gasteiger partial charge in [-0.25, -0.2) is 0 Å². The fraction of sp³-hybridized carbons (Fsp3) is 0.600. The Balaban J connectivity index is 2.16. The van der Waals surface area contributed by atoms with Gasteiger partial charge in [-0.15, -0.1) is 0 Å². The monoisotopic (exact) mass is 279 g/mol. The molecule has 0 spiro atoms. The number of rotatable bonds is 5. The van der Waals surface area contributed by atoms with E-state index in [-0.39, 0.29) is 24.1 Å². The second-order valence-electron chi connectivity index (χ2n) is 5.40. The third kappa shape index (κ3) is 3.48. The van der Waals surface area contributed by atoms with Crippen LogP contribution in [0.15, 0.2) is 18.2 Å². The Bertz CT molecular complexity index is 475. The van der Waals surface area contributed by atoms with Gasteiger partial charge in [0.05, 0.1) is 17.6 Å². The van der Waals surface area contributed by atoms with Crippen LogP contribution in [0.3, 0.4) is 0 Å². The highest BCUT2D eigenvalue weighted by atomic mass is 16.6. The van der Waals surface area contributed by atoms with E-state index < -0.39 is 4.92 Å². The highest BCUT2D eigenvalue weighted by Crippen LogP contribution is 2.34. The lowest BCUT2D eigenvalue weighted by molar-refractivity contribution is -0.386. The zero-order valence-corrected chi connectivity index (χ0v) is 11.7. The summed E-state index contributed by atoms with van der Waals surface area (Å²) in [4.78, 5) is 10.6. The molecular formula is C15H21NO4. The van der Waals surface area contributed by atoms with Crippen molar-refractivity contribution in [2.24, 2.45) is 5.92 Å². The molecule has 2 unspecified atom stereocenters. The maximum absolute atomic E-state index is 11.0. The lowest BCUT2D eigenvalue weighted by Gasteiger charge is -2.28. The number of nitro benzene ring substituents is 1. The van der Waals surface area contributed by atoms with Gasteiger partial charge in [0.1, 0.15) is 0 Å². The van der Waals surface area contributed by atoms with Crippen molar-refractivity contribution >= 4 is 5.69 Å². The Morgan fingerprint density at radius 2 is 2.25 bits per heavy atom. The average Bonchev–Trinajstić information content (AvgIpc) is 2.47. The second-order valence-corrected chi connectivity index (χ2v) is 5.40. The smallest absolute Gasteiger partial charge is 0.310 e. The summed E-state index contributed by atoms with van der Waals surface area (Å²) in [6.45, 7) is 2.03. The van der Waals surface area contributed by atoms with E-state index in [9.17, 15) is 10.1 Å². The molecule has 0 radical (unpaired) electrons. The zero-order chi connectivity index (χ0) is 14.5. The SMILES string of the molecule is CCC1CCCC(Oc2cc(CO)ccc2[N+](=O)[O-])C1. The van der Waals surface area contributed by atoms with Crippen molar-refractivity contribution < 1.29 is 14.8 Å². The molecule has 0 amide bonds. The standard InChI is InChI=1S/C15H21NO4/c1-2-11-4-3-5-13(8-11)20-15-9-12(10-17)6-7-14(15)16(18)19/h6-7,9,11,13,17H,2-5,8,10H2,1H3. The van der Waals surface area contributed by atoms with Gasteiger partial charge in [0.2, 0.25) is 0 Å². The summed E-state index contributed by atoms with van der Waals surface area (Å²) in [5, 5.41) is 20.2. The lowest BCUT2D eigenvalue weighted by atomic mass is 9.85. The Morgan fingerprint density at radius 1 is 1.45 bits per heavy atom. The number of hydrogen-bond donors (Lipinski definition) is 1. The van der Waals surface area contributed by atoms with Crippen LogP contribution in [-0.4, -0.2) is 16.1 Å². The number of ether oxygens (including phenoxy) is 1. The number of aliphatic hydroxyl groups excluding tert-OH is 1. The van der Waals surface area contributed by atoms with E-state index in [4.69, 9.17) is 9.84 Å². The summed E-state index contributed by atoms with van der Waals surface area (Å²) >= 11 is 0. The Hall–Kier alpha value is -1.62. The van der Waals surface area contributed by atoms with Gasteiger partial charge in [0.15, 0.2) is 5.75 Å². The first-order chi connectivity index (χ1) is 9.63. The minimum Gasteiger partial charge on any atom is -0.483 e. The van der Waals surface area contributed by atoms with Crippen LogP contribution in [0.5, 0.6) is 5.75 Å². The quantitative estimate of drug-likeness (QED) is 0.662. The van der Waals surface area contributed by atoms with Gasteiger partial charge >= 0.3 is 5.69 Å². The average molecular weight is 279 g/mol. The van der Waals surface area contributed by atoms with Gasteiger partial charge in [-0.05, 0) is 42.9 Å². The fourth-order valence-electron chi connectivity index (χ4n) is 2.80. The van der Waals surface area contributed by atoms with Crippen LogP contribution in [0.4, 0.5) is 5.69 Å². The predicted molar refractivity (Wildman–Crippen MR) is 75.7 cm³/mol.